The second-order valence-electron chi connectivity index (χ2n) is 5.76. The summed E-state index contributed by atoms with van der Waals surface area (Å²) in [6, 6.07) is 10.9. The molecule has 102 valence electrons. The van der Waals surface area contributed by atoms with Gasteiger partial charge in [-0.05, 0) is 30.0 Å². The van der Waals surface area contributed by atoms with Crippen molar-refractivity contribution >= 4 is 17.8 Å². The molecule has 1 fully saturated rings. The summed E-state index contributed by atoms with van der Waals surface area (Å²) in [4.78, 5) is 4.59. The highest BCUT2D eigenvalue weighted by molar-refractivity contribution is 7.96. The fraction of sp³-hybridized carbons (Fsp3) is 0.312. The smallest absolute Gasteiger partial charge is 0.129 e. The highest BCUT2D eigenvalue weighted by Gasteiger charge is 2.49. The third-order valence-electron chi connectivity index (χ3n) is 4.44. The molecule has 1 aliphatic carbocycles. The molecule has 0 radical (unpaired) electrons. The summed E-state index contributed by atoms with van der Waals surface area (Å²) in [6.07, 6.45) is 4.56. The van der Waals surface area contributed by atoms with Crippen LogP contribution >= 0.6 is 11.9 Å². The maximum absolute atomic E-state index is 5.51. The van der Waals surface area contributed by atoms with Gasteiger partial charge < -0.3 is 5.32 Å². The van der Waals surface area contributed by atoms with E-state index in [1.165, 1.54) is 47.0 Å². The van der Waals surface area contributed by atoms with Crippen molar-refractivity contribution in [1.82, 2.24) is 4.98 Å². The minimum atomic E-state index is 0.397. The number of hydrogen-bond acceptors (Lipinski definition) is 4. The molecule has 0 unspecified atom stereocenters. The number of benzene rings is 1. The Morgan fingerprint density at radius 2 is 2.00 bits per heavy atom. The first-order chi connectivity index (χ1) is 9.81. The van der Waals surface area contributed by atoms with Gasteiger partial charge in [0.15, 0.2) is 0 Å². The second kappa shape index (κ2) is 4.50. The normalized spacial score (nSPS) is 17.9. The van der Waals surface area contributed by atoms with Gasteiger partial charge in [-0.3, -0.25) is 5.14 Å². The summed E-state index contributed by atoms with van der Waals surface area (Å²) in [6.45, 7) is 1.06. The highest BCUT2D eigenvalue weighted by Crippen LogP contribution is 2.54. The highest BCUT2D eigenvalue weighted by atomic mass is 32.2. The Labute approximate surface area is 123 Å². The van der Waals surface area contributed by atoms with Crippen LogP contribution in [0.5, 0.6) is 0 Å². The molecule has 2 aliphatic rings. The van der Waals surface area contributed by atoms with E-state index in [0.717, 1.165) is 18.1 Å². The minimum absolute atomic E-state index is 0.397. The molecule has 1 spiro atoms. The van der Waals surface area contributed by atoms with Gasteiger partial charge in [0.2, 0.25) is 0 Å². The average Bonchev–Trinajstić information content (AvgIpc) is 3.18. The first-order valence-corrected chi connectivity index (χ1v) is 8.01. The quantitative estimate of drug-likeness (QED) is 0.849. The van der Waals surface area contributed by atoms with Crippen molar-refractivity contribution in [2.24, 2.45) is 5.14 Å². The van der Waals surface area contributed by atoms with Crippen molar-refractivity contribution in [2.45, 2.75) is 24.0 Å². The van der Waals surface area contributed by atoms with Crippen LogP contribution in [-0.2, 0) is 11.2 Å². The van der Waals surface area contributed by atoms with E-state index in [2.05, 4.69) is 40.6 Å². The molecule has 20 heavy (non-hydrogen) atoms. The van der Waals surface area contributed by atoms with Crippen molar-refractivity contribution in [2.75, 3.05) is 11.9 Å². The Morgan fingerprint density at radius 1 is 1.20 bits per heavy atom. The monoisotopic (exact) mass is 283 g/mol. The molecule has 2 heterocycles. The van der Waals surface area contributed by atoms with Crippen LogP contribution in [0, 0.1) is 0 Å². The zero-order chi connectivity index (χ0) is 13.6. The lowest BCUT2D eigenvalue weighted by atomic mass is 9.96. The molecule has 1 aromatic heterocycles. The molecule has 1 aliphatic heterocycles. The van der Waals surface area contributed by atoms with E-state index in [4.69, 9.17) is 5.14 Å². The predicted molar refractivity (Wildman–Crippen MR) is 84.6 cm³/mol. The fourth-order valence-electron chi connectivity index (χ4n) is 3.00. The minimum Gasteiger partial charge on any atom is -0.369 e. The molecule has 3 N–H and O–H groups in total. The lowest BCUT2D eigenvalue weighted by molar-refractivity contribution is 0.778. The number of nitrogens with one attached hydrogen (secondary N) is 1. The van der Waals surface area contributed by atoms with Gasteiger partial charge in [0.1, 0.15) is 5.82 Å². The maximum atomic E-state index is 5.51. The molecule has 1 aromatic carbocycles. The van der Waals surface area contributed by atoms with Gasteiger partial charge in [0.25, 0.3) is 0 Å². The summed E-state index contributed by atoms with van der Waals surface area (Å²) in [7, 11) is 0. The Hall–Kier alpha value is -1.52. The molecular formula is C16H17N3S. The average molecular weight is 283 g/mol. The summed E-state index contributed by atoms with van der Waals surface area (Å²) >= 11 is 1.36. The Kier molecular flexibility index (Phi) is 2.75. The van der Waals surface area contributed by atoms with Gasteiger partial charge in [-0.15, -0.1) is 0 Å². The molecule has 3 nitrogen and oxygen atoms in total. The maximum Gasteiger partial charge on any atom is 0.129 e. The van der Waals surface area contributed by atoms with E-state index in [-0.39, 0.29) is 0 Å². The van der Waals surface area contributed by atoms with Crippen LogP contribution in [0.2, 0.25) is 0 Å². The largest absolute Gasteiger partial charge is 0.369 e. The van der Waals surface area contributed by atoms with Crippen LogP contribution < -0.4 is 10.5 Å². The van der Waals surface area contributed by atoms with E-state index in [9.17, 15) is 0 Å². The summed E-state index contributed by atoms with van der Waals surface area (Å²) in [5.41, 5.74) is 5.51. The van der Waals surface area contributed by atoms with Crippen molar-refractivity contribution in [3.05, 3.63) is 47.7 Å². The number of pyridine rings is 1. The van der Waals surface area contributed by atoms with Crippen molar-refractivity contribution in [3.8, 4) is 11.1 Å². The van der Waals surface area contributed by atoms with Crippen LogP contribution in [0.25, 0.3) is 11.1 Å². The standard InChI is InChI=1S/C16H17N3S/c17-20-9-11-1-3-12(4-2-11)13-7-14-15(18-8-13)19-10-16(14)5-6-16/h1-4,7-8H,5-6,9-10,17H2,(H,18,19). The molecular weight excluding hydrogens is 266 g/mol. The molecule has 4 rings (SSSR count). The van der Waals surface area contributed by atoms with Gasteiger partial charge >= 0.3 is 0 Å². The zero-order valence-corrected chi connectivity index (χ0v) is 12.0. The summed E-state index contributed by atoms with van der Waals surface area (Å²) in [5, 5.41) is 8.94. The van der Waals surface area contributed by atoms with Crippen LogP contribution in [-0.4, -0.2) is 11.5 Å². The lowest BCUT2D eigenvalue weighted by Gasteiger charge is -2.08. The fourth-order valence-corrected chi connectivity index (χ4v) is 3.39. The first kappa shape index (κ1) is 12.2. The number of nitrogens with two attached hydrogens (primary N) is 1. The lowest BCUT2D eigenvalue weighted by Crippen LogP contribution is -2.08. The Balaban J connectivity index is 1.69. The molecule has 0 atom stereocenters. The van der Waals surface area contributed by atoms with Crippen LogP contribution in [0.1, 0.15) is 24.0 Å². The first-order valence-electron chi connectivity index (χ1n) is 6.96. The third kappa shape index (κ3) is 1.91. The van der Waals surface area contributed by atoms with E-state index in [0.29, 0.717) is 5.41 Å². The van der Waals surface area contributed by atoms with E-state index >= 15 is 0 Å². The number of rotatable bonds is 3. The van der Waals surface area contributed by atoms with E-state index < -0.39 is 0 Å². The number of anilines is 1. The SMILES string of the molecule is NSCc1ccc(-c2cnc3c(c2)C2(CC2)CN3)cc1. The topological polar surface area (TPSA) is 50.9 Å². The molecule has 4 heteroatoms. The Morgan fingerprint density at radius 3 is 2.70 bits per heavy atom. The molecule has 0 amide bonds. The Bertz CT molecular complexity index is 647. The number of hydrogen-bond donors (Lipinski definition) is 2. The van der Waals surface area contributed by atoms with E-state index in [1.807, 2.05) is 6.20 Å². The third-order valence-corrected chi connectivity index (χ3v) is 4.94. The second-order valence-corrected chi connectivity index (χ2v) is 6.38. The van der Waals surface area contributed by atoms with Crippen molar-refractivity contribution < 1.29 is 0 Å². The van der Waals surface area contributed by atoms with Crippen molar-refractivity contribution in [1.29, 1.82) is 0 Å². The summed E-state index contributed by atoms with van der Waals surface area (Å²) < 4.78 is 0. The molecule has 0 saturated heterocycles. The predicted octanol–water partition coefficient (Wildman–Crippen LogP) is 3.31. The van der Waals surface area contributed by atoms with Crippen LogP contribution in [0.4, 0.5) is 5.82 Å². The van der Waals surface area contributed by atoms with Gasteiger partial charge in [0.05, 0.1) is 0 Å². The zero-order valence-electron chi connectivity index (χ0n) is 11.2. The van der Waals surface area contributed by atoms with Gasteiger partial charge in [-0.2, -0.15) is 0 Å². The number of aromatic nitrogens is 1. The summed E-state index contributed by atoms with van der Waals surface area (Å²) in [5.74, 6) is 1.94. The van der Waals surface area contributed by atoms with Gasteiger partial charge in [0, 0.05) is 35.0 Å². The van der Waals surface area contributed by atoms with Crippen LogP contribution in [0.3, 0.4) is 0 Å². The molecule has 1 saturated carbocycles. The van der Waals surface area contributed by atoms with Gasteiger partial charge in [-0.1, -0.05) is 36.2 Å². The number of fused-ring (bicyclic) bond motifs is 2. The van der Waals surface area contributed by atoms with Crippen LogP contribution in [0.15, 0.2) is 36.5 Å². The molecule has 2 aromatic rings. The molecule has 0 bridgehead atoms. The van der Waals surface area contributed by atoms with Gasteiger partial charge in [-0.25, -0.2) is 4.98 Å². The van der Waals surface area contributed by atoms with E-state index in [1.54, 1.807) is 0 Å². The van der Waals surface area contributed by atoms with Crippen molar-refractivity contribution in [3.63, 3.8) is 0 Å². The number of nitrogens with zero attached hydrogens (tertiary/aromatic N) is 1.